The average molecular weight is 354 g/mol. The number of hydrogen-bond acceptors (Lipinski definition) is 3. The summed E-state index contributed by atoms with van der Waals surface area (Å²) in [5.74, 6) is 0.435. The molecule has 0 aromatic carbocycles. The van der Waals surface area contributed by atoms with E-state index in [-0.39, 0.29) is 5.54 Å². The van der Waals surface area contributed by atoms with Gasteiger partial charge in [0.25, 0.3) is 0 Å². The fourth-order valence-electron chi connectivity index (χ4n) is 3.84. The smallest absolute Gasteiger partial charge is 0.0658 e. The summed E-state index contributed by atoms with van der Waals surface area (Å²) in [5.41, 5.74) is 4.90. The third-order valence-corrected chi connectivity index (χ3v) is 5.48. The summed E-state index contributed by atoms with van der Waals surface area (Å²) in [4.78, 5) is 12.9. The Morgan fingerprint density at radius 2 is 1.56 bits per heavy atom. The highest BCUT2D eigenvalue weighted by Crippen LogP contribution is 2.33. The van der Waals surface area contributed by atoms with Crippen LogP contribution >= 0.6 is 0 Å². The van der Waals surface area contributed by atoms with Gasteiger partial charge in [0.05, 0.1) is 28.4 Å². The van der Waals surface area contributed by atoms with Crippen LogP contribution in [-0.2, 0) is 0 Å². The quantitative estimate of drug-likeness (QED) is 0.800. The SMILES string of the molecule is CC(C)C12C=C3C=CC(=N3)C=c3ccc([nH]3)=CC3=NC(=CC(=CC1)N2)C=C3. The fraction of sp³-hybridized carbons (Fsp3) is 0.217. The van der Waals surface area contributed by atoms with Crippen molar-refractivity contribution < 1.29 is 0 Å². The minimum absolute atomic E-state index is 0.122. The van der Waals surface area contributed by atoms with Gasteiger partial charge in [0.1, 0.15) is 0 Å². The lowest BCUT2D eigenvalue weighted by atomic mass is 9.84. The van der Waals surface area contributed by atoms with Crippen LogP contribution < -0.4 is 16.0 Å². The monoisotopic (exact) mass is 354 g/mol. The van der Waals surface area contributed by atoms with E-state index in [0.29, 0.717) is 5.92 Å². The van der Waals surface area contributed by atoms with Gasteiger partial charge in [-0.15, -0.1) is 0 Å². The molecule has 0 saturated carbocycles. The molecular formula is C23H22N4. The molecule has 0 radical (unpaired) electrons. The molecule has 4 aliphatic rings. The highest BCUT2D eigenvalue weighted by Gasteiger charge is 2.35. The highest BCUT2D eigenvalue weighted by molar-refractivity contribution is 6.20. The van der Waals surface area contributed by atoms with Crippen LogP contribution in [0.4, 0.5) is 0 Å². The Labute approximate surface area is 158 Å². The zero-order valence-electron chi connectivity index (χ0n) is 15.5. The second-order valence-electron chi connectivity index (χ2n) is 7.72. The molecule has 4 aliphatic heterocycles. The van der Waals surface area contributed by atoms with Crippen LogP contribution in [-0.4, -0.2) is 21.9 Å². The number of fused-ring (bicyclic) bond motifs is 6. The molecule has 134 valence electrons. The van der Waals surface area contributed by atoms with E-state index < -0.39 is 0 Å². The topological polar surface area (TPSA) is 52.5 Å². The van der Waals surface area contributed by atoms with Crippen LogP contribution in [0, 0.1) is 5.92 Å². The first-order chi connectivity index (χ1) is 13.1. The summed E-state index contributed by atoms with van der Waals surface area (Å²) in [7, 11) is 0. The van der Waals surface area contributed by atoms with E-state index >= 15 is 0 Å². The normalized spacial score (nSPS) is 25.2. The van der Waals surface area contributed by atoms with Crippen molar-refractivity contribution in [1.82, 2.24) is 10.3 Å². The van der Waals surface area contributed by atoms with Crippen molar-refractivity contribution in [3.8, 4) is 0 Å². The number of nitrogens with zero attached hydrogens (tertiary/aromatic N) is 2. The van der Waals surface area contributed by atoms with Gasteiger partial charge in [0.15, 0.2) is 0 Å². The number of allylic oxidation sites excluding steroid dienone is 5. The maximum atomic E-state index is 4.80. The Morgan fingerprint density at radius 1 is 0.889 bits per heavy atom. The Kier molecular flexibility index (Phi) is 3.54. The largest absolute Gasteiger partial charge is 0.376 e. The predicted molar refractivity (Wildman–Crippen MR) is 112 cm³/mol. The van der Waals surface area contributed by atoms with Gasteiger partial charge in [-0.3, -0.25) is 0 Å². The minimum Gasteiger partial charge on any atom is -0.376 e. The number of H-pyrrole nitrogens is 1. The second-order valence-corrected chi connectivity index (χ2v) is 7.72. The molecule has 5 rings (SSSR count). The molecule has 5 heterocycles. The molecule has 0 saturated heterocycles. The van der Waals surface area contributed by atoms with Crippen LogP contribution in [0.25, 0.3) is 12.2 Å². The summed E-state index contributed by atoms with van der Waals surface area (Å²) < 4.78 is 0. The predicted octanol–water partition coefficient (Wildman–Crippen LogP) is 2.65. The van der Waals surface area contributed by atoms with E-state index in [0.717, 1.165) is 45.6 Å². The van der Waals surface area contributed by atoms with Gasteiger partial charge in [-0.2, -0.15) is 0 Å². The van der Waals surface area contributed by atoms with Gasteiger partial charge in [-0.25, -0.2) is 9.98 Å². The maximum Gasteiger partial charge on any atom is 0.0658 e. The standard InChI is InChI=1S/C23H22N4/c1-15(2)23-10-9-21(27-23)13-20-6-5-17(25-20)11-16-3-4-18(24-16)12-19-7-8-22(14-23)26-19/h3-9,11-15,24,27H,10H2,1-2H3. The van der Waals surface area contributed by atoms with Gasteiger partial charge < -0.3 is 10.3 Å². The summed E-state index contributed by atoms with van der Waals surface area (Å²) >= 11 is 0. The van der Waals surface area contributed by atoms with Crippen molar-refractivity contribution in [1.29, 1.82) is 0 Å². The van der Waals surface area contributed by atoms with Gasteiger partial charge in [-0.1, -0.05) is 19.9 Å². The zero-order valence-corrected chi connectivity index (χ0v) is 15.5. The lowest BCUT2D eigenvalue weighted by Crippen LogP contribution is -2.43. The van der Waals surface area contributed by atoms with Gasteiger partial charge in [0.2, 0.25) is 0 Å². The van der Waals surface area contributed by atoms with Crippen molar-refractivity contribution >= 4 is 23.6 Å². The lowest BCUT2D eigenvalue weighted by molar-refractivity contribution is 0.350. The molecule has 2 N–H and O–H groups in total. The zero-order chi connectivity index (χ0) is 18.4. The fourth-order valence-corrected chi connectivity index (χ4v) is 3.84. The molecule has 0 amide bonds. The third kappa shape index (κ3) is 2.97. The van der Waals surface area contributed by atoms with E-state index in [1.54, 1.807) is 0 Å². The number of hydrogen-bond donors (Lipinski definition) is 2. The van der Waals surface area contributed by atoms with Crippen molar-refractivity contribution in [2.24, 2.45) is 15.9 Å². The van der Waals surface area contributed by atoms with E-state index in [1.807, 2.05) is 0 Å². The Balaban J connectivity index is 1.67. The molecule has 0 fully saturated rings. The van der Waals surface area contributed by atoms with Crippen molar-refractivity contribution in [2.75, 3.05) is 0 Å². The molecule has 8 bridgehead atoms. The first kappa shape index (κ1) is 16.1. The van der Waals surface area contributed by atoms with Crippen LogP contribution in [0.1, 0.15) is 20.3 Å². The number of aliphatic imine (C=N–C) groups is 2. The van der Waals surface area contributed by atoms with Crippen molar-refractivity contribution in [2.45, 2.75) is 25.8 Å². The van der Waals surface area contributed by atoms with Crippen molar-refractivity contribution in [3.05, 3.63) is 82.5 Å². The Morgan fingerprint density at radius 3 is 2.26 bits per heavy atom. The van der Waals surface area contributed by atoms with E-state index in [1.165, 1.54) is 0 Å². The number of aromatic amines is 1. The lowest BCUT2D eigenvalue weighted by Gasteiger charge is -2.32. The van der Waals surface area contributed by atoms with Crippen molar-refractivity contribution in [3.63, 3.8) is 0 Å². The molecule has 1 aromatic heterocycles. The first-order valence-corrected chi connectivity index (χ1v) is 9.43. The summed E-state index contributed by atoms with van der Waals surface area (Å²) in [6.07, 6.45) is 20.0. The molecular weight excluding hydrogens is 332 g/mol. The molecule has 0 spiro atoms. The van der Waals surface area contributed by atoms with E-state index in [2.05, 4.69) is 91.0 Å². The summed E-state index contributed by atoms with van der Waals surface area (Å²) in [6.45, 7) is 4.51. The first-order valence-electron chi connectivity index (χ1n) is 9.43. The minimum atomic E-state index is -0.122. The van der Waals surface area contributed by atoms with E-state index in [9.17, 15) is 0 Å². The Hall–Kier alpha value is -3.14. The highest BCUT2D eigenvalue weighted by atomic mass is 15.0. The maximum absolute atomic E-state index is 4.80. The molecule has 4 heteroatoms. The van der Waals surface area contributed by atoms with E-state index in [4.69, 9.17) is 9.98 Å². The Bertz CT molecular complexity index is 1150. The average Bonchev–Trinajstić information content (AvgIpc) is 3.39. The van der Waals surface area contributed by atoms with Crippen LogP contribution in [0.5, 0.6) is 0 Å². The third-order valence-electron chi connectivity index (χ3n) is 5.48. The van der Waals surface area contributed by atoms with Gasteiger partial charge in [-0.05, 0) is 73.1 Å². The molecule has 1 aromatic rings. The number of nitrogens with one attached hydrogen (secondary N) is 2. The van der Waals surface area contributed by atoms with Crippen LogP contribution in [0.15, 0.2) is 81.7 Å². The molecule has 0 aliphatic carbocycles. The number of rotatable bonds is 1. The second kappa shape index (κ2) is 5.95. The van der Waals surface area contributed by atoms with Crippen LogP contribution in [0.3, 0.4) is 0 Å². The van der Waals surface area contributed by atoms with Gasteiger partial charge in [0, 0.05) is 16.4 Å². The van der Waals surface area contributed by atoms with Gasteiger partial charge >= 0.3 is 0 Å². The molecule has 1 unspecified atom stereocenters. The number of aromatic nitrogens is 1. The molecule has 27 heavy (non-hydrogen) atoms. The van der Waals surface area contributed by atoms with Crippen LogP contribution in [0.2, 0.25) is 0 Å². The summed E-state index contributed by atoms with van der Waals surface area (Å²) in [5, 5.41) is 5.80. The molecule has 4 nitrogen and oxygen atoms in total. The molecule has 1 atom stereocenters. The summed E-state index contributed by atoms with van der Waals surface area (Å²) in [6, 6.07) is 4.14.